The first kappa shape index (κ1) is 21.6. The minimum atomic E-state index is -4.82. The van der Waals surface area contributed by atoms with Crippen molar-refractivity contribution in [2.45, 2.75) is 31.6 Å². The van der Waals surface area contributed by atoms with Gasteiger partial charge in [-0.05, 0) is 36.6 Å². The van der Waals surface area contributed by atoms with E-state index in [0.717, 1.165) is 25.0 Å². The van der Waals surface area contributed by atoms with Crippen molar-refractivity contribution in [1.29, 1.82) is 0 Å². The molecule has 3 aromatic heterocycles. The Bertz CT molecular complexity index is 1570. The van der Waals surface area contributed by atoms with E-state index >= 15 is 0 Å². The number of anilines is 1. The highest BCUT2D eigenvalue weighted by Crippen LogP contribution is 2.32. The second kappa shape index (κ2) is 7.97. The second-order valence-electron chi connectivity index (χ2n) is 7.69. The molecule has 0 spiro atoms. The van der Waals surface area contributed by atoms with E-state index in [-0.39, 0.29) is 46.9 Å². The van der Waals surface area contributed by atoms with Gasteiger partial charge in [-0.1, -0.05) is 6.07 Å². The maximum Gasteiger partial charge on any atom is 0.419 e. The van der Waals surface area contributed by atoms with Crippen molar-refractivity contribution in [3.05, 3.63) is 68.4 Å². The van der Waals surface area contributed by atoms with Gasteiger partial charge in [0.2, 0.25) is 11.8 Å². The Labute approximate surface area is 186 Å². The van der Waals surface area contributed by atoms with Gasteiger partial charge in [0.1, 0.15) is 11.5 Å². The highest BCUT2D eigenvalue weighted by atomic mass is 19.4. The lowest BCUT2D eigenvalue weighted by Gasteiger charge is -2.11. The number of aromatic nitrogens is 6. The zero-order valence-corrected chi connectivity index (χ0v) is 17.2. The summed E-state index contributed by atoms with van der Waals surface area (Å²) in [6, 6.07) is 2.79. The van der Waals surface area contributed by atoms with Gasteiger partial charge < -0.3 is 15.4 Å². The van der Waals surface area contributed by atoms with Gasteiger partial charge in [0.15, 0.2) is 5.65 Å². The van der Waals surface area contributed by atoms with Crippen LogP contribution in [0.3, 0.4) is 0 Å². The monoisotopic (exact) mass is 476 g/mol. The third kappa shape index (κ3) is 4.33. The Kier molecular flexibility index (Phi) is 5.06. The predicted octanol–water partition coefficient (Wildman–Crippen LogP) is 1.23. The van der Waals surface area contributed by atoms with E-state index in [2.05, 4.69) is 35.3 Å². The summed E-state index contributed by atoms with van der Waals surface area (Å²) in [5.41, 5.74) is -1.16. The van der Waals surface area contributed by atoms with Gasteiger partial charge in [0.25, 0.3) is 5.62 Å². The minimum absolute atomic E-state index is 0.0618. The molecule has 176 valence electrons. The molecule has 0 bridgehead atoms. The molecule has 1 aromatic carbocycles. The Morgan fingerprint density at radius 2 is 2.06 bits per heavy atom. The lowest BCUT2D eigenvalue weighted by atomic mass is 10.1. The van der Waals surface area contributed by atoms with Gasteiger partial charge in [0.05, 0.1) is 17.8 Å². The average Bonchev–Trinajstić information content (AvgIpc) is 3.40. The summed E-state index contributed by atoms with van der Waals surface area (Å²) in [6.07, 6.45) is -0.146. The van der Waals surface area contributed by atoms with Crippen LogP contribution in [0.4, 0.5) is 23.5 Å². The summed E-state index contributed by atoms with van der Waals surface area (Å²) < 4.78 is 54.0. The zero-order valence-electron chi connectivity index (χ0n) is 17.2. The minimum Gasteiger partial charge on any atom is -0.493 e. The van der Waals surface area contributed by atoms with E-state index in [9.17, 15) is 27.5 Å². The molecule has 3 heterocycles. The summed E-state index contributed by atoms with van der Waals surface area (Å²) in [4.78, 5) is 29.2. The van der Waals surface area contributed by atoms with Crippen LogP contribution in [0.1, 0.15) is 29.7 Å². The number of aromatic hydroxyl groups is 1. The van der Waals surface area contributed by atoms with Crippen LogP contribution in [0.2, 0.25) is 0 Å². The van der Waals surface area contributed by atoms with Crippen LogP contribution in [0.15, 0.2) is 34.2 Å². The molecule has 34 heavy (non-hydrogen) atoms. The number of fused-ring (bicyclic) bond motifs is 1. The molecule has 0 atom stereocenters. The first-order valence-corrected chi connectivity index (χ1v) is 10.1. The van der Waals surface area contributed by atoms with Crippen LogP contribution in [0.25, 0.3) is 11.7 Å². The van der Waals surface area contributed by atoms with E-state index in [1.165, 1.54) is 22.9 Å². The number of nitrogens with zero attached hydrogens (tertiary/aromatic N) is 5. The molecule has 14 heteroatoms. The lowest BCUT2D eigenvalue weighted by molar-refractivity contribution is -0.140. The fraction of sp³-hybridized carbons (Fsp3) is 0.250. The predicted molar refractivity (Wildman–Crippen MR) is 110 cm³/mol. The fourth-order valence-corrected chi connectivity index (χ4v) is 3.24. The quantitative estimate of drug-likeness (QED) is 0.320. The van der Waals surface area contributed by atoms with Crippen LogP contribution in [0, 0.1) is 5.82 Å². The number of aromatic amines is 2. The van der Waals surface area contributed by atoms with Gasteiger partial charge in [-0.3, -0.25) is 4.98 Å². The fourth-order valence-electron chi connectivity index (χ4n) is 3.24. The van der Waals surface area contributed by atoms with Crippen LogP contribution >= 0.6 is 0 Å². The van der Waals surface area contributed by atoms with E-state index in [4.69, 9.17) is 0 Å². The largest absolute Gasteiger partial charge is 0.493 e. The van der Waals surface area contributed by atoms with Crippen molar-refractivity contribution in [2.24, 2.45) is 4.99 Å². The van der Waals surface area contributed by atoms with Crippen molar-refractivity contribution in [2.75, 3.05) is 5.32 Å². The average molecular weight is 476 g/mol. The number of imidazole rings is 1. The molecule has 0 saturated heterocycles. The number of benzene rings is 1. The smallest absolute Gasteiger partial charge is 0.419 e. The molecule has 0 amide bonds. The molecule has 0 radical (unpaired) electrons. The molecule has 1 fully saturated rings. The summed E-state index contributed by atoms with van der Waals surface area (Å²) >= 11 is 0. The molecule has 0 aliphatic heterocycles. The summed E-state index contributed by atoms with van der Waals surface area (Å²) in [5, 5.41) is 17.3. The third-order valence-corrected chi connectivity index (χ3v) is 5.05. The molecule has 5 rings (SSSR count). The Balaban J connectivity index is 1.54. The third-order valence-electron chi connectivity index (χ3n) is 5.05. The summed E-state index contributed by atoms with van der Waals surface area (Å²) in [5.74, 6) is -1.66. The molecule has 4 N–H and O–H groups in total. The zero-order chi connectivity index (χ0) is 24.0. The maximum atomic E-state index is 13.6. The maximum absolute atomic E-state index is 13.6. The van der Waals surface area contributed by atoms with Crippen molar-refractivity contribution in [1.82, 2.24) is 29.5 Å². The van der Waals surface area contributed by atoms with Crippen LogP contribution in [0.5, 0.6) is 5.88 Å². The Morgan fingerprint density at radius 1 is 1.26 bits per heavy atom. The molecule has 0 unspecified atom stereocenters. The van der Waals surface area contributed by atoms with Crippen molar-refractivity contribution >= 4 is 17.7 Å². The number of halogens is 4. The Morgan fingerprint density at radius 3 is 2.74 bits per heavy atom. The normalized spacial score (nSPS) is 15.4. The summed E-state index contributed by atoms with van der Waals surface area (Å²) in [6.45, 7) is -0.110. The topological polar surface area (TPSA) is 136 Å². The van der Waals surface area contributed by atoms with E-state index in [0.29, 0.717) is 5.22 Å². The van der Waals surface area contributed by atoms with Crippen molar-refractivity contribution in [3.8, 4) is 5.88 Å². The number of rotatable bonds is 5. The van der Waals surface area contributed by atoms with Gasteiger partial charge in [-0.2, -0.15) is 32.8 Å². The molecular formula is C20H16F4N8O2. The first-order valence-electron chi connectivity index (χ1n) is 10.1. The number of nitrogens with one attached hydrogen (secondary N) is 3. The van der Waals surface area contributed by atoms with E-state index < -0.39 is 23.2 Å². The SMILES string of the molecule is O=c1[nH]c(O)c(/C=c2\cnn3c(=NC4CC4)nc(NCc4ccc(F)c(C(F)(F)F)c4)nc23)[nH]1. The van der Waals surface area contributed by atoms with Gasteiger partial charge in [0, 0.05) is 11.8 Å². The van der Waals surface area contributed by atoms with Crippen molar-refractivity contribution < 1.29 is 22.7 Å². The van der Waals surface area contributed by atoms with E-state index in [1.54, 1.807) is 0 Å². The second-order valence-corrected chi connectivity index (χ2v) is 7.69. The van der Waals surface area contributed by atoms with Gasteiger partial charge in [-0.25, -0.2) is 14.2 Å². The number of hydrogen-bond donors (Lipinski definition) is 4. The van der Waals surface area contributed by atoms with Gasteiger partial charge >= 0.3 is 11.9 Å². The molecule has 1 aliphatic rings. The number of H-pyrrole nitrogens is 2. The number of hydrogen-bond acceptors (Lipinski definition) is 7. The van der Waals surface area contributed by atoms with Crippen molar-refractivity contribution in [3.63, 3.8) is 0 Å². The standard InChI is InChI=1S/C20H16F4N8O2/c21-13-4-1-9(5-12(13)20(22,23)24)7-25-17-29-15-10(6-14-16(33)30-19(34)28-14)8-26-32(15)18(31-17)27-11-2-3-11/h1,4-6,8,11,33H,2-3,7H2,(H,25,27,31)(H2,28,30,34)/b10-6+. The highest BCUT2D eigenvalue weighted by Gasteiger charge is 2.34. The van der Waals surface area contributed by atoms with Crippen LogP contribution in [-0.4, -0.2) is 40.7 Å². The highest BCUT2D eigenvalue weighted by molar-refractivity contribution is 5.57. The molecular weight excluding hydrogens is 460 g/mol. The molecule has 10 nitrogen and oxygen atoms in total. The molecule has 1 aliphatic carbocycles. The van der Waals surface area contributed by atoms with Crippen LogP contribution < -0.4 is 21.8 Å². The molecule has 1 saturated carbocycles. The lowest BCUT2D eigenvalue weighted by Crippen LogP contribution is -2.24. The molecule has 4 aromatic rings. The van der Waals surface area contributed by atoms with E-state index in [1.807, 2.05) is 0 Å². The first-order chi connectivity index (χ1) is 16.2. The number of alkyl halides is 3. The Hall–Kier alpha value is -4.23. The summed E-state index contributed by atoms with van der Waals surface area (Å²) in [7, 11) is 0. The van der Waals surface area contributed by atoms with Gasteiger partial charge in [-0.15, -0.1) is 0 Å². The van der Waals surface area contributed by atoms with Crippen LogP contribution in [-0.2, 0) is 12.7 Å².